The third kappa shape index (κ3) is 2.23. The Morgan fingerprint density at radius 3 is 2.84 bits per heavy atom. The lowest BCUT2D eigenvalue weighted by Crippen LogP contribution is -2.04. The molecule has 0 bridgehead atoms. The molecule has 1 N–H and O–H groups in total. The fraction of sp³-hybridized carbons (Fsp3) is 0.429. The molecule has 1 heterocycles. The standard InChI is InChI=1S/C14H16N2O2S/c1-14(2)7-11(14)16-10-6-4-3-5-9(10)15-13(16)19-8-12(17)18/h3-6,11H,7-8H2,1-2H3,(H,17,18). The smallest absolute Gasteiger partial charge is 0.313 e. The van der Waals surface area contributed by atoms with Crippen molar-refractivity contribution in [2.24, 2.45) is 5.41 Å². The number of aliphatic carboxylic acids is 1. The number of para-hydroxylation sites is 2. The molecule has 19 heavy (non-hydrogen) atoms. The van der Waals surface area contributed by atoms with Crippen LogP contribution in [0.15, 0.2) is 29.4 Å². The number of carbonyl (C=O) groups is 1. The third-order valence-electron chi connectivity index (χ3n) is 3.66. The number of fused-ring (bicyclic) bond motifs is 1. The van der Waals surface area contributed by atoms with E-state index in [1.807, 2.05) is 18.2 Å². The molecule has 3 rings (SSSR count). The molecular weight excluding hydrogens is 260 g/mol. The van der Waals surface area contributed by atoms with Crippen LogP contribution >= 0.6 is 11.8 Å². The van der Waals surface area contributed by atoms with Crippen molar-refractivity contribution >= 4 is 28.8 Å². The number of hydrogen-bond acceptors (Lipinski definition) is 3. The highest BCUT2D eigenvalue weighted by atomic mass is 32.2. The van der Waals surface area contributed by atoms with Gasteiger partial charge in [-0.1, -0.05) is 37.7 Å². The van der Waals surface area contributed by atoms with Crippen molar-refractivity contribution in [1.82, 2.24) is 9.55 Å². The van der Waals surface area contributed by atoms with Gasteiger partial charge in [0.05, 0.1) is 16.8 Å². The zero-order valence-corrected chi connectivity index (χ0v) is 11.8. The van der Waals surface area contributed by atoms with Gasteiger partial charge in [-0.05, 0) is 24.0 Å². The van der Waals surface area contributed by atoms with E-state index in [2.05, 4.69) is 29.5 Å². The van der Waals surface area contributed by atoms with Crippen molar-refractivity contribution < 1.29 is 9.90 Å². The van der Waals surface area contributed by atoms with Crippen molar-refractivity contribution in [1.29, 1.82) is 0 Å². The van der Waals surface area contributed by atoms with E-state index >= 15 is 0 Å². The van der Waals surface area contributed by atoms with E-state index in [0.29, 0.717) is 6.04 Å². The molecule has 1 aromatic carbocycles. The predicted octanol–water partition coefficient (Wildman–Crippen LogP) is 3.18. The summed E-state index contributed by atoms with van der Waals surface area (Å²) in [6.07, 6.45) is 1.12. The molecule has 1 aliphatic carbocycles. The van der Waals surface area contributed by atoms with E-state index in [9.17, 15) is 4.79 Å². The average molecular weight is 276 g/mol. The Morgan fingerprint density at radius 2 is 2.21 bits per heavy atom. The van der Waals surface area contributed by atoms with Crippen molar-refractivity contribution in [2.45, 2.75) is 31.5 Å². The average Bonchev–Trinajstić information content (AvgIpc) is 2.84. The largest absolute Gasteiger partial charge is 0.481 e. The van der Waals surface area contributed by atoms with Gasteiger partial charge in [-0.25, -0.2) is 4.98 Å². The highest BCUT2D eigenvalue weighted by molar-refractivity contribution is 7.99. The summed E-state index contributed by atoms with van der Waals surface area (Å²) in [7, 11) is 0. The number of nitrogens with zero attached hydrogens (tertiary/aromatic N) is 2. The second kappa shape index (κ2) is 4.27. The molecule has 1 aliphatic rings. The van der Waals surface area contributed by atoms with Crippen LogP contribution in [0.2, 0.25) is 0 Å². The van der Waals surface area contributed by atoms with Crippen LogP contribution < -0.4 is 0 Å². The van der Waals surface area contributed by atoms with Gasteiger partial charge < -0.3 is 9.67 Å². The van der Waals surface area contributed by atoms with Gasteiger partial charge in [0, 0.05) is 6.04 Å². The van der Waals surface area contributed by atoms with Crippen molar-refractivity contribution in [2.75, 3.05) is 5.75 Å². The number of carboxylic acid groups (broad SMARTS) is 1. The summed E-state index contributed by atoms with van der Waals surface area (Å²) >= 11 is 1.30. The van der Waals surface area contributed by atoms with E-state index in [1.54, 1.807) is 0 Å². The van der Waals surface area contributed by atoms with Crippen LogP contribution in [-0.2, 0) is 4.79 Å². The first-order valence-corrected chi connectivity index (χ1v) is 7.29. The SMILES string of the molecule is CC1(C)CC1n1c(SCC(=O)O)nc2ccccc21. The summed E-state index contributed by atoms with van der Waals surface area (Å²) in [6, 6.07) is 8.43. The second-order valence-corrected chi connectivity index (χ2v) is 6.59. The van der Waals surface area contributed by atoms with Gasteiger partial charge in [0.2, 0.25) is 0 Å². The molecule has 0 saturated heterocycles. The monoisotopic (exact) mass is 276 g/mol. The maximum absolute atomic E-state index is 10.8. The Labute approximate surface area is 115 Å². The minimum absolute atomic E-state index is 0.0521. The molecule has 0 aliphatic heterocycles. The van der Waals surface area contributed by atoms with Crippen LogP contribution in [0.25, 0.3) is 11.0 Å². The first-order chi connectivity index (χ1) is 8.99. The zero-order valence-electron chi connectivity index (χ0n) is 11.0. The normalized spacial score (nSPS) is 20.6. The summed E-state index contributed by atoms with van der Waals surface area (Å²) < 4.78 is 2.21. The van der Waals surface area contributed by atoms with Gasteiger partial charge in [0.15, 0.2) is 5.16 Å². The Hall–Kier alpha value is -1.49. The Morgan fingerprint density at radius 1 is 1.53 bits per heavy atom. The molecule has 0 radical (unpaired) electrons. The first kappa shape index (κ1) is 12.5. The number of rotatable bonds is 4. The molecular formula is C14H16N2O2S. The maximum atomic E-state index is 10.8. The van der Waals surface area contributed by atoms with Crippen LogP contribution in [0.4, 0.5) is 0 Å². The molecule has 2 aromatic rings. The molecule has 1 unspecified atom stereocenters. The van der Waals surface area contributed by atoms with Crippen LogP contribution in [0.1, 0.15) is 26.3 Å². The molecule has 4 nitrogen and oxygen atoms in total. The van der Waals surface area contributed by atoms with E-state index in [1.165, 1.54) is 11.8 Å². The van der Waals surface area contributed by atoms with Crippen molar-refractivity contribution in [3.63, 3.8) is 0 Å². The number of carboxylic acids is 1. The number of thioether (sulfide) groups is 1. The Bertz CT molecular complexity index is 648. The number of aromatic nitrogens is 2. The topological polar surface area (TPSA) is 55.1 Å². The summed E-state index contributed by atoms with van der Waals surface area (Å²) in [6.45, 7) is 4.47. The van der Waals surface area contributed by atoms with Gasteiger partial charge in [0.1, 0.15) is 0 Å². The number of benzene rings is 1. The number of hydrogen-bond donors (Lipinski definition) is 1. The molecule has 1 saturated carbocycles. The van der Waals surface area contributed by atoms with Gasteiger partial charge in [-0.15, -0.1) is 0 Å². The quantitative estimate of drug-likeness (QED) is 0.871. The fourth-order valence-electron chi connectivity index (χ4n) is 2.43. The minimum Gasteiger partial charge on any atom is -0.481 e. The molecule has 1 fully saturated rings. The zero-order chi connectivity index (χ0) is 13.6. The summed E-state index contributed by atoms with van der Waals surface area (Å²) in [5.41, 5.74) is 2.33. The maximum Gasteiger partial charge on any atom is 0.313 e. The van der Waals surface area contributed by atoms with Crippen molar-refractivity contribution in [3.8, 4) is 0 Å². The molecule has 5 heteroatoms. The molecule has 1 atom stereocenters. The van der Waals surface area contributed by atoms with Gasteiger partial charge in [-0.2, -0.15) is 0 Å². The summed E-state index contributed by atoms with van der Waals surface area (Å²) in [4.78, 5) is 15.3. The lowest BCUT2D eigenvalue weighted by atomic mass is 10.2. The summed E-state index contributed by atoms with van der Waals surface area (Å²) in [5, 5.41) is 9.66. The van der Waals surface area contributed by atoms with E-state index in [4.69, 9.17) is 5.11 Å². The van der Waals surface area contributed by atoms with Crippen molar-refractivity contribution in [3.05, 3.63) is 24.3 Å². The van der Waals surface area contributed by atoms with Crippen LogP contribution in [0, 0.1) is 5.41 Å². The Kier molecular flexibility index (Phi) is 2.82. The minimum atomic E-state index is -0.807. The van der Waals surface area contributed by atoms with Crippen LogP contribution in [-0.4, -0.2) is 26.4 Å². The third-order valence-corrected chi connectivity index (χ3v) is 4.60. The fourth-order valence-corrected chi connectivity index (χ4v) is 3.21. The van der Waals surface area contributed by atoms with E-state index < -0.39 is 5.97 Å². The number of imidazole rings is 1. The molecule has 1 aromatic heterocycles. The Balaban J connectivity index is 2.05. The lowest BCUT2D eigenvalue weighted by molar-refractivity contribution is -0.133. The van der Waals surface area contributed by atoms with Crippen LogP contribution in [0.3, 0.4) is 0 Å². The highest BCUT2D eigenvalue weighted by Crippen LogP contribution is 2.57. The highest BCUT2D eigenvalue weighted by Gasteiger charge is 2.48. The first-order valence-electron chi connectivity index (χ1n) is 6.30. The van der Waals surface area contributed by atoms with Gasteiger partial charge in [-0.3, -0.25) is 4.79 Å². The van der Waals surface area contributed by atoms with Gasteiger partial charge >= 0.3 is 5.97 Å². The predicted molar refractivity (Wildman–Crippen MR) is 75.5 cm³/mol. The van der Waals surface area contributed by atoms with Gasteiger partial charge in [0.25, 0.3) is 0 Å². The van der Waals surface area contributed by atoms with Crippen LogP contribution in [0.5, 0.6) is 0 Å². The second-order valence-electron chi connectivity index (χ2n) is 5.64. The molecule has 0 spiro atoms. The summed E-state index contributed by atoms with van der Waals surface area (Å²) in [5.74, 6) is -0.755. The molecule has 100 valence electrons. The molecule has 0 amide bonds. The van der Waals surface area contributed by atoms with E-state index in [0.717, 1.165) is 22.6 Å². The van der Waals surface area contributed by atoms with E-state index in [-0.39, 0.29) is 11.2 Å². The lowest BCUT2D eigenvalue weighted by Gasteiger charge is -2.10.